The van der Waals surface area contributed by atoms with Gasteiger partial charge >= 0.3 is 0 Å². The zero-order chi connectivity index (χ0) is 18.4. The number of amides is 1. The highest BCUT2D eigenvalue weighted by atomic mass is 32.2. The first-order chi connectivity index (χ1) is 11.7. The molecule has 6 heteroatoms. The van der Waals surface area contributed by atoms with E-state index in [1.165, 1.54) is 30.3 Å². The summed E-state index contributed by atoms with van der Waals surface area (Å²) in [6.07, 6.45) is 0. The Kier molecular flexibility index (Phi) is 4.24. The van der Waals surface area contributed by atoms with E-state index < -0.39 is 9.84 Å². The van der Waals surface area contributed by atoms with Crippen LogP contribution in [0.15, 0.2) is 52.3 Å². The highest BCUT2D eigenvalue weighted by Gasteiger charge is 2.35. The van der Waals surface area contributed by atoms with Gasteiger partial charge in [-0.2, -0.15) is 0 Å². The molecule has 2 aromatic rings. The molecule has 0 bridgehead atoms. The van der Waals surface area contributed by atoms with Crippen LogP contribution >= 0.6 is 0 Å². The van der Waals surface area contributed by atoms with Gasteiger partial charge in [0.15, 0.2) is 5.78 Å². The second kappa shape index (κ2) is 6.11. The molecule has 0 saturated heterocycles. The minimum absolute atomic E-state index is 0.0133. The molecule has 1 aliphatic rings. The van der Waals surface area contributed by atoms with E-state index in [0.29, 0.717) is 0 Å². The Morgan fingerprint density at radius 2 is 1.60 bits per heavy atom. The molecule has 0 radical (unpaired) electrons. The standard InChI is InChI=1S/C19H19NO4S/c1-11(2)12(3)20-19(22)13-8-9-15-17(10-13)25(23,24)16-7-5-4-6-14(16)18(15)21/h4-12H,1-3H3,(H,20,22)/t12-/m0/s1. The zero-order valence-corrected chi connectivity index (χ0v) is 15.1. The van der Waals surface area contributed by atoms with Gasteiger partial charge in [-0.1, -0.05) is 26.0 Å². The Morgan fingerprint density at radius 1 is 0.960 bits per heavy atom. The summed E-state index contributed by atoms with van der Waals surface area (Å²) in [4.78, 5) is 24.8. The molecular formula is C19H19NO4S. The lowest BCUT2D eigenvalue weighted by molar-refractivity contribution is 0.0928. The molecule has 0 saturated carbocycles. The van der Waals surface area contributed by atoms with Crippen molar-refractivity contribution >= 4 is 21.5 Å². The van der Waals surface area contributed by atoms with Gasteiger partial charge in [-0.25, -0.2) is 8.42 Å². The lowest BCUT2D eigenvalue weighted by Gasteiger charge is -2.20. The third-order valence-electron chi connectivity index (χ3n) is 4.56. The normalized spacial score (nSPS) is 16.1. The number of rotatable bonds is 3. The summed E-state index contributed by atoms with van der Waals surface area (Å²) >= 11 is 0. The minimum atomic E-state index is -3.84. The number of hydrogen-bond acceptors (Lipinski definition) is 4. The van der Waals surface area contributed by atoms with Crippen molar-refractivity contribution in [1.29, 1.82) is 0 Å². The molecule has 0 unspecified atom stereocenters. The van der Waals surface area contributed by atoms with E-state index in [4.69, 9.17) is 0 Å². The highest BCUT2D eigenvalue weighted by Crippen LogP contribution is 2.34. The van der Waals surface area contributed by atoms with Crippen LogP contribution in [0.4, 0.5) is 0 Å². The summed E-state index contributed by atoms with van der Waals surface area (Å²) in [6, 6.07) is 10.3. The average molecular weight is 357 g/mol. The molecule has 1 heterocycles. The van der Waals surface area contributed by atoms with E-state index in [1.54, 1.807) is 12.1 Å². The Balaban J connectivity index is 2.07. The number of ketones is 1. The number of fused-ring (bicyclic) bond motifs is 2. The maximum atomic E-state index is 12.9. The topological polar surface area (TPSA) is 80.3 Å². The van der Waals surface area contributed by atoms with E-state index in [1.807, 2.05) is 20.8 Å². The number of hydrogen-bond donors (Lipinski definition) is 1. The molecule has 1 amide bonds. The van der Waals surface area contributed by atoms with Crippen LogP contribution in [0.2, 0.25) is 0 Å². The van der Waals surface area contributed by atoms with Crippen molar-refractivity contribution in [3.8, 4) is 0 Å². The van der Waals surface area contributed by atoms with Gasteiger partial charge in [0.2, 0.25) is 9.84 Å². The maximum absolute atomic E-state index is 12.9. The molecule has 0 aliphatic carbocycles. The molecule has 0 fully saturated rings. The van der Waals surface area contributed by atoms with E-state index >= 15 is 0 Å². The number of carbonyl (C=O) groups excluding carboxylic acids is 2. The predicted molar refractivity (Wildman–Crippen MR) is 93.5 cm³/mol. The maximum Gasteiger partial charge on any atom is 0.251 e. The fraction of sp³-hybridized carbons (Fsp3) is 0.263. The minimum Gasteiger partial charge on any atom is -0.349 e. The summed E-state index contributed by atoms with van der Waals surface area (Å²) in [5, 5.41) is 2.84. The summed E-state index contributed by atoms with van der Waals surface area (Å²) in [5.74, 6) is -0.452. The molecule has 5 nitrogen and oxygen atoms in total. The van der Waals surface area contributed by atoms with E-state index in [9.17, 15) is 18.0 Å². The zero-order valence-electron chi connectivity index (χ0n) is 14.2. The van der Waals surface area contributed by atoms with Crippen LogP contribution in [0.25, 0.3) is 0 Å². The lowest BCUT2D eigenvalue weighted by Crippen LogP contribution is -2.36. The first-order valence-electron chi connectivity index (χ1n) is 8.07. The monoisotopic (exact) mass is 357 g/mol. The molecule has 25 heavy (non-hydrogen) atoms. The van der Waals surface area contributed by atoms with Gasteiger partial charge in [0.25, 0.3) is 5.91 Å². The fourth-order valence-corrected chi connectivity index (χ4v) is 4.36. The SMILES string of the molecule is CC(C)[C@H](C)NC(=O)c1ccc2c(c1)S(=O)(=O)c1ccccc1C2=O. The molecular weight excluding hydrogens is 338 g/mol. The van der Waals surface area contributed by atoms with Gasteiger partial charge in [-0.05, 0) is 43.2 Å². The van der Waals surface area contributed by atoms with E-state index in [2.05, 4.69) is 5.32 Å². The van der Waals surface area contributed by atoms with Crippen LogP contribution in [-0.2, 0) is 9.84 Å². The molecule has 1 atom stereocenters. The van der Waals surface area contributed by atoms with Crippen molar-refractivity contribution in [2.24, 2.45) is 5.92 Å². The summed E-state index contributed by atoms with van der Waals surface area (Å²) < 4.78 is 25.7. The first kappa shape index (κ1) is 17.4. The van der Waals surface area contributed by atoms with Crippen LogP contribution < -0.4 is 5.32 Å². The summed E-state index contributed by atoms with van der Waals surface area (Å²) in [6.45, 7) is 5.85. The Bertz CT molecular complexity index is 977. The summed E-state index contributed by atoms with van der Waals surface area (Å²) in [5.41, 5.74) is 0.495. The van der Waals surface area contributed by atoms with Crippen LogP contribution in [0, 0.1) is 5.92 Å². The molecule has 130 valence electrons. The van der Waals surface area contributed by atoms with Crippen LogP contribution in [-0.4, -0.2) is 26.2 Å². The van der Waals surface area contributed by atoms with Gasteiger partial charge < -0.3 is 5.32 Å². The lowest BCUT2D eigenvalue weighted by atomic mass is 10.0. The van der Waals surface area contributed by atoms with Crippen molar-refractivity contribution in [2.75, 3.05) is 0 Å². The molecule has 1 aliphatic heterocycles. The van der Waals surface area contributed by atoms with Gasteiger partial charge in [-0.3, -0.25) is 9.59 Å². The van der Waals surface area contributed by atoms with Gasteiger partial charge in [0, 0.05) is 22.7 Å². The van der Waals surface area contributed by atoms with Crippen LogP contribution in [0.1, 0.15) is 47.1 Å². The number of benzene rings is 2. The predicted octanol–water partition coefficient (Wildman–Crippen LogP) is 2.84. The number of carbonyl (C=O) groups is 2. The summed E-state index contributed by atoms with van der Waals surface area (Å²) in [7, 11) is -3.84. The number of nitrogens with one attached hydrogen (secondary N) is 1. The van der Waals surface area contributed by atoms with Gasteiger partial charge in [-0.15, -0.1) is 0 Å². The van der Waals surface area contributed by atoms with Crippen molar-refractivity contribution < 1.29 is 18.0 Å². The van der Waals surface area contributed by atoms with Crippen LogP contribution in [0.5, 0.6) is 0 Å². The molecule has 2 aromatic carbocycles. The van der Waals surface area contributed by atoms with E-state index in [0.717, 1.165) is 0 Å². The average Bonchev–Trinajstić information content (AvgIpc) is 2.59. The largest absolute Gasteiger partial charge is 0.349 e. The second-order valence-corrected chi connectivity index (χ2v) is 8.43. The van der Waals surface area contributed by atoms with Gasteiger partial charge in [0.1, 0.15) is 0 Å². The Morgan fingerprint density at radius 3 is 2.28 bits per heavy atom. The van der Waals surface area contributed by atoms with Crippen LogP contribution in [0.3, 0.4) is 0 Å². The van der Waals surface area contributed by atoms with Crippen molar-refractivity contribution in [3.05, 3.63) is 59.2 Å². The van der Waals surface area contributed by atoms with E-state index in [-0.39, 0.29) is 50.1 Å². The Labute approximate surface area is 147 Å². The third-order valence-corrected chi connectivity index (χ3v) is 6.41. The third kappa shape index (κ3) is 2.87. The number of sulfone groups is 1. The molecule has 0 aromatic heterocycles. The fourth-order valence-electron chi connectivity index (χ4n) is 2.68. The van der Waals surface area contributed by atoms with Gasteiger partial charge in [0.05, 0.1) is 9.79 Å². The van der Waals surface area contributed by atoms with Crippen molar-refractivity contribution in [1.82, 2.24) is 5.32 Å². The second-order valence-electron chi connectivity index (χ2n) is 6.55. The quantitative estimate of drug-likeness (QED) is 0.782. The molecule has 3 rings (SSSR count). The van der Waals surface area contributed by atoms with Crippen molar-refractivity contribution in [3.63, 3.8) is 0 Å². The highest BCUT2D eigenvalue weighted by molar-refractivity contribution is 7.91. The molecule has 0 spiro atoms. The first-order valence-corrected chi connectivity index (χ1v) is 9.55. The molecule has 1 N–H and O–H groups in total. The van der Waals surface area contributed by atoms with Crippen molar-refractivity contribution in [2.45, 2.75) is 36.6 Å². The smallest absolute Gasteiger partial charge is 0.251 e. The Hall–Kier alpha value is -2.47.